The first-order valence-electron chi connectivity index (χ1n) is 8.38. The van der Waals surface area contributed by atoms with Gasteiger partial charge in [-0.2, -0.15) is 0 Å². The van der Waals surface area contributed by atoms with E-state index < -0.39 is 0 Å². The largest absolute Gasteiger partial charge is 0.308 e. The first-order valence-corrected chi connectivity index (χ1v) is 8.38. The van der Waals surface area contributed by atoms with E-state index in [-0.39, 0.29) is 42.1 Å². The highest BCUT2D eigenvalue weighted by molar-refractivity contribution is 6.09. The lowest BCUT2D eigenvalue weighted by molar-refractivity contribution is -0.143. The Labute approximate surface area is 141 Å². The Kier molecular flexibility index (Phi) is 4.51. The van der Waals surface area contributed by atoms with Crippen LogP contribution in [0.3, 0.4) is 0 Å². The third-order valence-corrected chi connectivity index (χ3v) is 4.71. The maximum Gasteiger partial charge on any atom is 0.247 e. The summed E-state index contributed by atoms with van der Waals surface area (Å²) < 4.78 is 0. The first kappa shape index (κ1) is 16.4. The van der Waals surface area contributed by atoms with Crippen molar-refractivity contribution in [2.45, 2.75) is 32.7 Å². The van der Waals surface area contributed by atoms with Crippen molar-refractivity contribution in [3.05, 3.63) is 42.5 Å². The Morgan fingerprint density at radius 2 is 1.62 bits per heavy atom. The Morgan fingerprint density at radius 3 is 2.12 bits per heavy atom. The molecule has 3 amide bonds. The molecule has 126 valence electrons. The number of hydrogen-bond donors (Lipinski definition) is 0. The van der Waals surface area contributed by atoms with Crippen LogP contribution in [0.1, 0.15) is 26.7 Å². The predicted molar refractivity (Wildman–Crippen MR) is 91.1 cm³/mol. The van der Waals surface area contributed by atoms with Gasteiger partial charge in [0.2, 0.25) is 17.7 Å². The molecule has 5 heteroatoms. The summed E-state index contributed by atoms with van der Waals surface area (Å²) in [5.41, 5.74) is 0.774. The van der Waals surface area contributed by atoms with Gasteiger partial charge >= 0.3 is 0 Å². The van der Waals surface area contributed by atoms with E-state index in [4.69, 9.17) is 0 Å². The number of carbonyl (C=O) groups excluding carboxylic acids is 3. The van der Waals surface area contributed by atoms with Gasteiger partial charge in [0.1, 0.15) is 6.54 Å². The molecule has 5 nitrogen and oxygen atoms in total. The second-order valence-corrected chi connectivity index (χ2v) is 6.61. The molecule has 1 saturated heterocycles. The molecule has 0 radical (unpaired) electrons. The fourth-order valence-corrected chi connectivity index (χ4v) is 3.55. The molecular weight excluding hydrogens is 304 g/mol. The number of para-hydroxylation sites is 1. The molecular formula is C19H22N2O3. The first-order chi connectivity index (χ1) is 11.5. The van der Waals surface area contributed by atoms with Gasteiger partial charge in [0.25, 0.3) is 0 Å². The zero-order valence-corrected chi connectivity index (χ0v) is 14.0. The van der Waals surface area contributed by atoms with Crippen LogP contribution in [-0.4, -0.2) is 35.2 Å². The lowest BCUT2D eigenvalue weighted by Gasteiger charge is -2.28. The van der Waals surface area contributed by atoms with Crippen LogP contribution in [0.4, 0.5) is 5.69 Å². The van der Waals surface area contributed by atoms with Gasteiger partial charge in [-0.1, -0.05) is 30.4 Å². The second-order valence-electron chi connectivity index (χ2n) is 6.61. The molecule has 2 atom stereocenters. The van der Waals surface area contributed by atoms with Crippen LogP contribution in [0.25, 0.3) is 0 Å². The number of likely N-dealkylation sites (tertiary alicyclic amines) is 1. The van der Waals surface area contributed by atoms with E-state index in [0.29, 0.717) is 12.8 Å². The number of rotatable bonds is 4. The zero-order valence-electron chi connectivity index (χ0n) is 14.0. The van der Waals surface area contributed by atoms with Crippen LogP contribution >= 0.6 is 0 Å². The van der Waals surface area contributed by atoms with Crippen molar-refractivity contribution in [1.29, 1.82) is 0 Å². The van der Waals surface area contributed by atoms with E-state index in [0.717, 1.165) is 10.6 Å². The minimum atomic E-state index is -0.292. The fraction of sp³-hybridized carbons (Fsp3) is 0.421. The molecule has 0 N–H and O–H groups in total. The van der Waals surface area contributed by atoms with Gasteiger partial charge in [-0.05, 0) is 38.8 Å². The van der Waals surface area contributed by atoms with Crippen molar-refractivity contribution in [3.63, 3.8) is 0 Å². The summed E-state index contributed by atoms with van der Waals surface area (Å²) in [6.45, 7) is 3.65. The quantitative estimate of drug-likeness (QED) is 0.630. The Bertz CT molecular complexity index is 655. The molecule has 1 aliphatic heterocycles. The molecule has 0 bridgehead atoms. The highest BCUT2D eigenvalue weighted by atomic mass is 16.2. The predicted octanol–water partition coefficient (Wildman–Crippen LogP) is 2.38. The van der Waals surface area contributed by atoms with Gasteiger partial charge in [0.15, 0.2) is 0 Å². The summed E-state index contributed by atoms with van der Waals surface area (Å²) in [5.74, 6) is -1.23. The molecule has 24 heavy (non-hydrogen) atoms. The number of carbonyl (C=O) groups is 3. The molecule has 2 aliphatic rings. The number of benzene rings is 1. The lowest BCUT2D eigenvalue weighted by atomic mass is 9.85. The van der Waals surface area contributed by atoms with E-state index in [2.05, 4.69) is 0 Å². The van der Waals surface area contributed by atoms with Gasteiger partial charge < -0.3 is 4.90 Å². The highest BCUT2D eigenvalue weighted by Crippen LogP contribution is 2.35. The number of allylic oxidation sites excluding steroid dienone is 2. The molecule has 3 rings (SSSR count). The number of fused-ring (bicyclic) bond motifs is 1. The number of amides is 3. The van der Waals surface area contributed by atoms with Crippen LogP contribution in [0.15, 0.2) is 42.5 Å². The third kappa shape index (κ3) is 2.86. The van der Waals surface area contributed by atoms with E-state index in [1.165, 1.54) is 0 Å². The second kappa shape index (κ2) is 6.59. The van der Waals surface area contributed by atoms with E-state index in [1.807, 2.05) is 56.3 Å². The van der Waals surface area contributed by atoms with Gasteiger partial charge in [0.05, 0.1) is 11.8 Å². The minimum absolute atomic E-state index is 0.0587. The summed E-state index contributed by atoms with van der Waals surface area (Å²) in [7, 11) is 0. The molecule has 0 aromatic heterocycles. The van der Waals surface area contributed by atoms with Crippen molar-refractivity contribution >= 4 is 23.4 Å². The van der Waals surface area contributed by atoms with Gasteiger partial charge in [-0.15, -0.1) is 0 Å². The summed E-state index contributed by atoms with van der Waals surface area (Å²) >= 11 is 0. The SMILES string of the molecule is CC(C)N(C(=O)CN1C(=O)[C@H]2CC=CC[C@H]2C1=O)c1ccccc1. The molecule has 1 aliphatic carbocycles. The molecule has 1 heterocycles. The van der Waals surface area contributed by atoms with E-state index >= 15 is 0 Å². The van der Waals surface area contributed by atoms with Crippen molar-refractivity contribution < 1.29 is 14.4 Å². The van der Waals surface area contributed by atoms with Crippen LogP contribution in [0, 0.1) is 11.8 Å². The number of imide groups is 1. The van der Waals surface area contributed by atoms with Crippen LogP contribution < -0.4 is 4.90 Å². The normalized spacial score (nSPS) is 22.9. The Balaban J connectivity index is 1.78. The molecule has 0 spiro atoms. The van der Waals surface area contributed by atoms with Crippen molar-refractivity contribution in [2.24, 2.45) is 11.8 Å². The standard InChI is InChI=1S/C19H22N2O3/c1-13(2)21(14-8-4-3-5-9-14)17(22)12-20-18(23)15-10-6-7-11-16(15)19(20)24/h3-9,13,15-16H,10-12H2,1-2H3/t15-,16+. The molecule has 1 aromatic rings. The Hall–Kier alpha value is -2.43. The smallest absolute Gasteiger partial charge is 0.247 e. The summed E-state index contributed by atoms with van der Waals surface area (Å²) in [6.07, 6.45) is 5.07. The fourth-order valence-electron chi connectivity index (χ4n) is 3.55. The lowest BCUT2D eigenvalue weighted by Crippen LogP contribution is -2.46. The number of anilines is 1. The zero-order chi connectivity index (χ0) is 17.3. The Morgan fingerprint density at radius 1 is 1.08 bits per heavy atom. The highest BCUT2D eigenvalue weighted by Gasteiger charge is 2.48. The van der Waals surface area contributed by atoms with Crippen molar-refractivity contribution in [2.75, 3.05) is 11.4 Å². The van der Waals surface area contributed by atoms with Crippen LogP contribution in [-0.2, 0) is 14.4 Å². The van der Waals surface area contributed by atoms with Gasteiger partial charge in [-0.25, -0.2) is 0 Å². The average molecular weight is 326 g/mol. The van der Waals surface area contributed by atoms with Crippen molar-refractivity contribution in [1.82, 2.24) is 4.90 Å². The van der Waals surface area contributed by atoms with E-state index in [1.54, 1.807) is 4.90 Å². The van der Waals surface area contributed by atoms with Crippen LogP contribution in [0.2, 0.25) is 0 Å². The number of hydrogen-bond acceptors (Lipinski definition) is 3. The molecule has 0 unspecified atom stereocenters. The molecule has 0 saturated carbocycles. The molecule has 1 fully saturated rings. The third-order valence-electron chi connectivity index (χ3n) is 4.71. The number of nitrogens with zero attached hydrogens (tertiary/aromatic N) is 2. The maximum absolute atomic E-state index is 12.8. The average Bonchev–Trinajstić information content (AvgIpc) is 2.81. The van der Waals surface area contributed by atoms with Gasteiger partial charge in [-0.3, -0.25) is 19.3 Å². The van der Waals surface area contributed by atoms with Crippen LogP contribution in [0.5, 0.6) is 0 Å². The van der Waals surface area contributed by atoms with Gasteiger partial charge in [0, 0.05) is 11.7 Å². The topological polar surface area (TPSA) is 57.7 Å². The summed E-state index contributed by atoms with van der Waals surface area (Å²) in [5, 5.41) is 0. The van der Waals surface area contributed by atoms with Crippen molar-refractivity contribution in [3.8, 4) is 0 Å². The maximum atomic E-state index is 12.8. The summed E-state index contributed by atoms with van der Waals surface area (Å²) in [6, 6.07) is 9.27. The van der Waals surface area contributed by atoms with E-state index in [9.17, 15) is 14.4 Å². The summed E-state index contributed by atoms with van der Waals surface area (Å²) in [4.78, 5) is 40.6. The molecule has 1 aromatic carbocycles. The monoisotopic (exact) mass is 326 g/mol. The minimum Gasteiger partial charge on any atom is -0.308 e.